The maximum atomic E-state index is 12.3. The third-order valence-corrected chi connectivity index (χ3v) is 3.35. The Bertz CT molecular complexity index is 729. The zero-order valence-electron chi connectivity index (χ0n) is 10.1. The largest absolute Gasteiger partial charge is 0.336 e. The van der Waals surface area contributed by atoms with Crippen LogP contribution in [0.1, 0.15) is 21.9 Å². The van der Waals surface area contributed by atoms with Gasteiger partial charge in [0.25, 0.3) is 5.91 Å². The molecule has 2 aromatic rings. The maximum Gasteiger partial charge on any atom is 0.256 e. The topological polar surface area (TPSA) is 61.9 Å². The van der Waals surface area contributed by atoms with Crippen molar-refractivity contribution >= 4 is 17.5 Å². The van der Waals surface area contributed by atoms with Crippen LogP contribution >= 0.6 is 11.6 Å². The van der Waals surface area contributed by atoms with Crippen LogP contribution in [0.5, 0.6) is 0 Å². The first-order valence-corrected chi connectivity index (χ1v) is 6.01. The smallest absolute Gasteiger partial charge is 0.256 e. The summed E-state index contributed by atoms with van der Waals surface area (Å²) in [4.78, 5) is 18.0. The van der Waals surface area contributed by atoms with E-state index in [9.17, 15) is 4.79 Å². The van der Waals surface area contributed by atoms with Crippen molar-refractivity contribution in [2.24, 2.45) is 0 Å². The lowest BCUT2D eigenvalue weighted by atomic mass is 10.1. The second-order valence-electron chi connectivity index (χ2n) is 4.34. The third kappa shape index (κ3) is 1.69. The summed E-state index contributed by atoms with van der Waals surface area (Å²) in [6.45, 7) is 0.403. The van der Waals surface area contributed by atoms with E-state index in [-0.39, 0.29) is 11.7 Å². The standard InChI is InChI=1S/C13H9ClN4O/c1-17-7-9-6-16-12(5-15)18(9)11-3-2-8(14)4-10(11)13(17)19/h2-4,6H,7H2,1H3. The number of rotatable bonds is 0. The van der Waals surface area contributed by atoms with E-state index >= 15 is 0 Å². The van der Waals surface area contributed by atoms with Crippen molar-refractivity contribution in [3.63, 3.8) is 0 Å². The van der Waals surface area contributed by atoms with E-state index in [1.54, 1.807) is 40.9 Å². The number of hydrogen-bond donors (Lipinski definition) is 0. The molecule has 0 radical (unpaired) electrons. The fourth-order valence-corrected chi connectivity index (χ4v) is 2.41. The molecule has 0 bridgehead atoms. The van der Waals surface area contributed by atoms with Crippen LogP contribution in [0.4, 0.5) is 0 Å². The molecule has 1 aromatic carbocycles. The molecule has 1 aliphatic rings. The Balaban J connectivity index is 2.37. The quantitative estimate of drug-likeness (QED) is 0.737. The number of nitrogens with zero attached hydrogens (tertiary/aromatic N) is 4. The lowest BCUT2D eigenvalue weighted by molar-refractivity contribution is 0.0788. The average Bonchev–Trinajstić information content (AvgIpc) is 2.76. The summed E-state index contributed by atoms with van der Waals surface area (Å²) < 4.78 is 1.70. The molecule has 5 nitrogen and oxygen atoms in total. The second kappa shape index (κ2) is 4.11. The van der Waals surface area contributed by atoms with Crippen molar-refractivity contribution in [1.82, 2.24) is 14.5 Å². The zero-order valence-corrected chi connectivity index (χ0v) is 10.8. The first kappa shape index (κ1) is 11.8. The Morgan fingerprint density at radius 1 is 1.47 bits per heavy atom. The van der Waals surface area contributed by atoms with Gasteiger partial charge in [-0.1, -0.05) is 11.6 Å². The van der Waals surface area contributed by atoms with Gasteiger partial charge in [-0.2, -0.15) is 5.26 Å². The number of carbonyl (C=O) groups is 1. The average molecular weight is 273 g/mol. The first-order chi connectivity index (χ1) is 9.11. The van der Waals surface area contributed by atoms with E-state index in [4.69, 9.17) is 16.9 Å². The molecule has 2 heterocycles. The van der Waals surface area contributed by atoms with Gasteiger partial charge < -0.3 is 4.90 Å². The number of nitriles is 1. The predicted octanol–water partition coefficient (Wildman–Crippen LogP) is 1.98. The summed E-state index contributed by atoms with van der Waals surface area (Å²) in [5, 5.41) is 9.62. The van der Waals surface area contributed by atoms with Gasteiger partial charge in [-0.15, -0.1) is 0 Å². The van der Waals surface area contributed by atoms with Crippen molar-refractivity contribution < 1.29 is 4.79 Å². The number of carbonyl (C=O) groups excluding carboxylic acids is 1. The van der Waals surface area contributed by atoms with Crippen LogP contribution in [0.3, 0.4) is 0 Å². The molecular formula is C13H9ClN4O. The molecule has 0 spiro atoms. The van der Waals surface area contributed by atoms with Crippen LogP contribution in [0, 0.1) is 11.3 Å². The Morgan fingerprint density at radius 2 is 2.26 bits per heavy atom. The van der Waals surface area contributed by atoms with Gasteiger partial charge in [0.15, 0.2) is 0 Å². The molecule has 1 aromatic heterocycles. The molecule has 1 aliphatic heterocycles. The van der Waals surface area contributed by atoms with E-state index in [1.165, 1.54) is 0 Å². The van der Waals surface area contributed by atoms with E-state index in [0.29, 0.717) is 22.8 Å². The third-order valence-electron chi connectivity index (χ3n) is 3.11. The molecule has 6 heteroatoms. The highest BCUT2D eigenvalue weighted by Gasteiger charge is 2.26. The minimum Gasteiger partial charge on any atom is -0.336 e. The number of aromatic nitrogens is 2. The summed E-state index contributed by atoms with van der Waals surface area (Å²) in [7, 11) is 1.71. The number of hydrogen-bond acceptors (Lipinski definition) is 3. The fourth-order valence-electron chi connectivity index (χ4n) is 2.24. The number of amides is 1. The van der Waals surface area contributed by atoms with Crippen LogP contribution < -0.4 is 0 Å². The monoisotopic (exact) mass is 272 g/mol. The van der Waals surface area contributed by atoms with Gasteiger partial charge in [0, 0.05) is 12.1 Å². The number of imidazole rings is 1. The molecule has 1 amide bonds. The highest BCUT2D eigenvalue weighted by molar-refractivity contribution is 6.31. The Labute approximate surface area is 114 Å². The molecule has 0 atom stereocenters. The Kier molecular flexibility index (Phi) is 2.54. The normalized spacial score (nSPS) is 13.5. The van der Waals surface area contributed by atoms with Crippen molar-refractivity contribution in [2.75, 3.05) is 7.05 Å². The van der Waals surface area contributed by atoms with Crippen LogP contribution in [0.15, 0.2) is 24.4 Å². The minimum atomic E-state index is -0.120. The molecule has 3 rings (SSSR count). The zero-order chi connectivity index (χ0) is 13.6. The Hall–Kier alpha value is -2.32. The highest BCUT2D eigenvalue weighted by Crippen LogP contribution is 2.27. The molecule has 19 heavy (non-hydrogen) atoms. The van der Waals surface area contributed by atoms with Gasteiger partial charge in [-0.3, -0.25) is 9.36 Å². The molecular weight excluding hydrogens is 264 g/mol. The molecule has 0 saturated carbocycles. The summed E-state index contributed by atoms with van der Waals surface area (Å²) in [6, 6.07) is 7.09. The van der Waals surface area contributed by atoms with Crippen molar-refractivity contribution in [1.29, 1.82) is 5.26 Å². The summed E-state index contributed by atoms with van der Waals surface area (Å²) in [6.07, 6.45) is 1.62. The van der Waals surface area contributed by atoms with Gasteiger partial charge in [0.1, 0.15) is 6.07 Å². The molecule has 0 N–H and O–H groups in total. The van der Waals surface area contributed by atoms with Crippen LogP contribution in [0.25, 0.3) is 5.69 Å². The van der Waals surface area contributed by atoms with Gasteiger partial charge in [0.05, 0.1) is 29.7 Å². The second-order valence-corrected chi connectivity index (χ2v) is 4.78. The lowest BCUT2D eigenvalue weighted by Gasteiger charge is -2.13. The molecule has 0 unspecified atom stereocenters. The summed E-state index contributed by atoms with van der Waals surface area (Å²) in [5.74, 6) is 0.145. The summed E-state index contributed by atoms with van der Waals surface area (Å²) in [5.41, 5.74) is 1.92. The lowest BCUT2D eigenvalue weighted by Crippen LogP contribution is -2.24. The van der Waals surface area contributed by atoms with E-state index in [2.05, 4.69) is 4.98 Å². The highest BCUT2D eigenvalue weighted by atomic mass is 35.5. The van der Waals surface area contributed by atoms with Crippen LogP contribution in [-0.2, 0) is 6.54 Å². The van der Waals surface area contributed by atoms with Crippen LogP contribution in [0.2, 0.25) is 5.02 Å². The molecule has 0 saturated heterocycles. The molecule has 0 fully saturated rings. The number of benzene rings is 1. The summed E-state index contributed by atoms with van der Waals surface area (Å²) >= 11 is 5.96. The van der Waals surface area contributed by atoms with Gasteiger partial charge in [-0.05, 0) is 18.2 Å². The van der Waals surface area contributed by atoms with Gasteiger partial charge in [-0.25, -0.2) is 4.98 Å². The van der Waals surface area contributed by atoms with Crippen molar-refractivity contribution in [2.45, 2.75) is 6.54 Å². The van der Waals surface area contributed by atoms with E-state index in [0.717, 1.165) is 5.69 Å². The SMILES string of the molecule is CN1Cc2cnc(C#N)n2-c2ccc(Cl)cc2C1=O. The van der Waals surface area contributed by atoms with E-state index < -0.39 is 0 Å². The van der Waals surface area contributed by atoms with E-state index in [1.807, 2.05) is 6.07 Å². The van der Waals surface area contributed by atoms with Gasteiger partial charge in [0.2, 0.25) is 5.82 Å². The van der Waals surface area contributed by atoms with Crippen molar-refractivity contribution in [3.8, 4) is 11.8 Å². The molecule has 0 aliphatic carbocycles. The van der Waals surface area contributed by atoms with Crippen molar-refractivity contribution in [3.05, 3.63) is 46.5 Å². The van der Waals surface area contributed by atoms with Gasteiger partial charge >= 0.3 is 0 Å². The maximum absolute atomic E-state index is 12.3. The Morgan fingerprint density at radius 3 is 3.00 bits per heavy atom. The first-order valence-electron chi connectivity index (χ1n) is 5.64. The predicted molar refractivity (Wildman–Crippen MR) is 69.1 cm³/mol. The number of fused-ring (bicyclic) bond motifs is 3. The minimum absolute atomic E-state index is 0.120. The van der Waals surface area contributed by atoms with Crippen LogP contribution in [-0.4, -0.2) is 27.4 Å². The molecule has 94 valence electrons. The number of halogens is 1. The fraction of sp³-hybridized carbons (Fsp3) is 0.154.